The lowest BCUT2D eigenvalue weighted by Crippen LogP contribution is -2.07. The molecule has 0 N–H and O–H groups in total. The molecule has 0 saturated heterocycles. The molecule has 0 heterocycles. The Labute approximate surface area is 100 Å². The predicted octanol–water partition coefficient (Wildman–Crippen LogP) is 3.24. The minimum Gasteiger partial charge on any atom is -0.427 e. The maximum absolute atomic E-state index is 11.3. The zero-order valence-electron chi connectivity index (χ0n) is 9.80. The van der Waals surface area contributed by atoms with Crippen LogP contribution in [0.3, 0.4) is 0 Å². The van der Waals surface area contributed by atoms with Gasteiger partial charge < -0.3 is 4.74 Å². The molecular weight excluding hydrogens is 218 g/mol. The lowest BCUT2D eigenvalue weighted by Gasteiger charge is -2.05. The molecular formula is C12H15N3O2. The summed E-state index contributed by atoms with van der Waals surface area (Å²) in [6.07, 6.45) is 1.83. The van der Waals surface area contributed by atoms with Gasteiger partial charge in [-0.1, -0.05) is 24.2 Å². The SMILES string of the molecule is CCCC(=O)Oc1cccc(CCN=[N+]=[N-])c1. The number of hydrogen-bond acceptors (Lipinski definition) is 3. The van der Waals surface area contributed by atoms with E-state index in [9.17, 15) is 4.79 Å². The molecule has 0 fully saturated rings. The molecule has 0 spiro atoms. The van der Waals surface area contributed by atoms with Gasteiger partial charge in [-0.3, -0.25) is 4.79 Å². The number of hydrogen-bond donors (Lipinski definition) is 0. The van der Waals surface area contributed by atoms with Crippen molar-refractivity contribution in [2.45, 2.75) is 26.2 Å². The monoisotopic (exact) mass is 233 g/mol. The summed E-state index contributed by atoms with van der Waals surface area (Å²) < 4.78 is 5.16. The molecule has 1 aromatic carbocycles. The molecule has 0 aliphatic heterocycles. The Balaban J connectivity index is 2.58. The van der Waals surface area contributed by atoms with Gasteiger partial charge in [0.1, 0.15) is 5.75 Å². The van der Waals surface area contributed by atoms with E-state index >= 15 is 0 Å². The van der Waals surface area contributed by atoms with Gasteiger partial charge in [0, 0.05) is 17.9 Å². The van der Waals surface area contributed by atoms with Crippen LogP contribution < -0.4 is 4.74 Å². The fraction of sp³-hybridized carbons (Fsp3) is 0.417. The molecule has 0 saturated carbocycles. The van der Waals surface area contributed by atoms with Crippen molar-refractivity contribution < 1.29 is 9.53 Å². The highest BCUT2D eigenvalue weighted by Gasteiger charge is 2.03. The summed E-state index contributed by atoms with van der Waals surface area (Å²) in [4.78, 5) is 14.0. The zero-order chi connectivity index (χ0) is 12.5. The van der Waals surface area contributed by atoms with Crippen molar-refractivity contribution in [3.05, 3.63) is 40.3 Å². The second-order valence-electron chi connectivity index (χ2n) is 3.58. The quantitative estimate of drug-likeness (QED) is 0.248. The topological polar surface area (TPSA) is 75.1 Å². The van der Waals surface area contributed by atoms with Crippen LogP contribution in [0, 0.1) is 0 Å². The Bertz CT molecular complexity index is 426. The van der Waals surface area contributed by atoms with Crippen molar-refractivity contribution >= 4 is 5.97 Å². The number of ether oxygens (including phenoxy) is 1. The molecule has 0 aliphatic rings. The van der Waals surface area contributed by atoms with Gasteiger partial charge in [-0.15, -0.1) is 0 Å². The number of azide groups is 1. The van der Waals surface area contributed by atoms with E-state index in [1.807, 2.05) is 19.1 Å². The van der Waals surface area contributed by atoms with Gasteiger partial charge in [0.05, 0.1) is 0 Å². The third-order valence-corrected chi connectivity index (χ3v) is 2.15. The third-order valence-electron chi connectivity index (χ3n) is 2.15. The van der Waals surface area contributed by atoms with Gasteiger partial charge in [0.25, 0.3) is 0 Å². The summed E-state index contributed by atoms with van der Waals surface area (Å²) >= 11 is 0. The van der Waals surface area contributed by atoms with Crippen LogP contribution in [0.1, 0.15) is 25.3 Å². The predicted molar refractivity (Wildman–Crippen MR) is 64.7 cm³/mol. The van der Waals surface area contributed by atoms with Gasteiger partial charge in [0.15, 0.2) is 0 Å². The number of esters is 1. The molecule has 0 radical (unpaired) electrons. The molecule has 0 aliphatic carbocycles. The number of carbonyl (C=O) groups is 1. The van der Waals surface area contributed by atoms with Crippen LogP contribution in [0.2, 0.25) is 0 Å². The second kappa shape index (κ2) is 7.30. The Kier molecular flexibility index (Phi) is 5.61. The van der Waals surface area contributed by atoms with E-state index in [2.05, 4.69) is 10.0 Å². The molecule has 17 heavy (non-hydrogen) atoms. The van der Waals surface area contributed by atoms with Gasteiger partial charge in [0.2, 0.25) is 0 Å². The maximum Gasteiger partial charge on any atom is 0.311 e. The number of carbonyl (C=O) groups excluding carboxylic acids is 1. The van der Waals surface area contributed by atoms with E-state index in [1.54, 1.807) is 12.1 Å². The van der Waals surface area contributed by atoms with Crippen LogP contribution in [-0.4, -0.2) is 12.5 Å². The average Bonchev–Trinajstić information content (AvgIpc) is 2.30. The van der Waals surface area contributed by atoms with Gasteiger partial charge >= 0.3 is 5.97 Å². The summed E-state index contributed by atoms with van der Waals surface area (Å²) in [6.45, 7) is 2.33. The van der Waals surface area contributed by atoms with Crippen molar-refractivity contribution in [1.29, 1.82) is 0 Å². The molecule has 0 aromatic heterocycles. The Hall–Kier alpha value is -2.00. The number of nitrogens with zero attached hydrogens (tertiary/aromatic N) is 3. The van der Waals surface area contributed by atoms with Crippen LogP contribution in [0.25, 0.3) is 10.4 Å². The molecule has 5 heteroatoms. The van der Waals surface area contributed by atoms with Crippen LogP contribution in [-0.2, 0) is 11.2 Å². The first-order valence-corrected chi connectivity index (χ1v) is 5.56. The van der Waals surface area contributed by atoms with E-state index in [1.165, 1.54) is 0 Å². The summed E-state index contributed by atoms with van der Waals surface area (Å²) in [7, 11) is 0. The minimum atomic E-state index is -0.223. The molecule has 0 unspecified atom stereocenters. The van der Waals surface area contributed by atoms with E-state index in [0.29, 0.717) is 25.1 Å². The maximum atomic E-state index is 11.3. The molecule has 0 bridgehead atoms. The highest BCUT2D eigenvalue weighted by molar-refractivity contribution is 5.72. The molecule has 90 valence electrons. The fourth-order valence-electron chi connectivity index (χ4n) is 1.37. The lowest BCUT2D eigenvalue weighted by molar-refractivity contribution is -0.134. The highest BCUT2D eigenvalue weighted by Crippen LogP contribution is 2.14. The summed E-state index contributed by atoms with van der Waals surface area (Å²) in [5, 5.41) is 3.46. The van der Waals surface area contributed by atoms with Crippen molar-refractivity contribution in [2.24, 2.45) is 5.11 Å². The van der Waals surface area contributed by atoms with Crippen LogP contribution in [0.15, 0.2) is 29.4 Å². The second-order valence-corrected chi connectivity index (χ2v) is 3.58. The van der Waals surface area contributed by atoms with Crippen molar-refractivity contribution in [3.8, 4) is 5.75 Å². The molecule has 0 amide bonds. The first kappa shape index (κ1) is 13.1. The first-order valence-electron chi connectivity index (χ1n) is 5.56. The fourth-order valence-corrected chi connectivity index (χ4v) is 1.37. The van der Waals surface area contributed by atoms with Crippen molar-refractivity contribution in [3.63, 3.8) is 0 Å². The Morgan fingerprint density at radius 1 is 1.53 bits per heavy atom. The van der Waals surface area contributed by atoms with Crippen LogP contribution in [0.4, 0.5) is 0 Å². The van der Waals surface area contributed by atoms with Gasteiger partial charge in [-0.25, -0.2) is 0 Å². The summed E-state index contributed by atoms with van der Waals surface area (Å²) in [5.74, 6) is 0.321. The van der Waals surface area contributed by atoms with Crippen molar-refractivity contribution in [1.82, 2.24) is 0 Å². The molecule has 5 nitrogen and oxygen atoms in total. The van der Waals surface area contributed by atoms with Crippen LogP contribution in [0.5, 0.6) is 5.75 Å². The van der Waals surface area contributed by atoms with Crippen molar-refractivity contribution in [2.75, 3.05) is 6.54 Å². The van der Waals surface area contributed by atoms with E-state index in [4.69, 9.17) is 10.3 Å². The van der Waals surface area contributed by atoms with Gasteiger partial charge in [-0.2, -0.15) is 0 Å². The largest absolute Gasteiger partial charge is 0.427 e. The van der Waals surface area contributed by atoms with E-state index in [0.717, 1.165) is 12.0 Å². The summed E-state index contributed by atoms with van der Waals surface area (Å²) in [6, 6.07) is 7.26. The highest BCUT2D eigenvalue weighted by atomic mass is 16.5. The average molecular weight is 233 g/mol. The molecule has 0 atom stereocenters. The molecule has 1 rings (SSSR count). The van der Waals surface area contributed by atoms with Gasteiger partial charge in [-0.05, 0) is 36.1 Å². The normalized spacial score (nSPS) is 9.47. The lowest BCUT2D eigenvalue weighted by atomic mass is 10.1. The van der Waals surface area contributed by atoms with E-state index in [-0.39, 0.29) is 5.97 Å². The first-order chi connectivity index (χ1) is 8.26. The Morgan fingerprint density at radius 2 is 2.35 bits per heavy atom. The Morgan fingerprint density at radius 3 is 3.06 bits per heavy atom. The third kappa shape index (κ3) is 5.04. The number of benzene rings is 1. The van der Waals surface area contributed by atoms with E-state index < -0.39 is 0 Å². The number of rotatable bonds is 6. The minimum absolute atomic E-state index is 0.223. The molecule has 1 aromatic rings. The standard InChI is InChI=1S/C12H15N3O2/c1-2-4-12(16)17-11-6-3-5-10(9-11)7-8-14-15-13/h3,5-6,9H,2,4,7-8H2,1H3. The smallest absolute Gasteiger partial charge is 0.311 e. The zero-order valence-corrected chi connectivity index (χ0v) is 9.80. The summed E-state index contributed by atoms with van der Waals surface area (Å²) in [5.41, 5.74) is 9.15. The van der Waals surface area contributed by atoms with Crippen LogP contribution >= 0.6 is 0 Å².